The van der Waals surface area contributed by atoms with Gasteiger partial charge in [0.2, 0.25) is 0 Å². The van der Waals surface area contributed by atoms with Crippen molar-refractivity contribution in [3.05, 3.63) is 30.0 Å². The van der Waals surface area contributed by atoms with Crippen molar-refractivity contribution in [1.29, 1.82) is 0 Å². The molecule has 0 aliphatic carbocycles. The van der Waals surface area contributed by atoms with Crippen molar-refractivity contribution >= 4 is 15.7 Å². The Morgan fingerprint density at radius 1 is 1.29 bits per heavy atom. The number of rotatable bonds is 2. The molecule has 0 fully saturated rings. The van der Waals surface area contributed by atoms with E-state index in [2.05, 4.69) is 10.2 Å². The third-order valence-corrected chi connectivity index (χ3v) is 3.71. The van der Waals surface area contributed by atoms with Crippen LogP contribution in [0.4, 0.5) is 5.82 Å². The third kappa shape index (κ3) is 2.16. The number of H-pyrrole nitrogens is 1. The number of benzene rings is 1. The highest BCUT2D eigenvalue weighted by Gasteiger charge is 2.13. The monoisotopic (exact) mass is 251 g/mol. The highest BCUT2D eigenvalue weighted by Crippen LogP contribution is 2.29. The van der Waals surface area contributed by atoms with Crippen LogP contribution >= 0.6 is 0 Å². The second-order valence-electron chi connectivity index (χ2n) is 3.95. The Hall–Kier alpha value is -1.82. The van der Waals surface area contributed by atoms with Gasteiger partial charge in [0, 0.05) is 11.8 Å². The summed E-state index contributed by atoms with van der Waals surface area (Å²) < 4.78 is 23.0. The highest BCUT2D eigenvalue weighted by molar-refractivity contribution is 7.90. The van der Waals surface area contributed by atoms with Crippen LogP contribution in [0.1, 0.15) is 5.56 Å². The molecular formula is C11H13N3O2S. The van der Waals surface area contributed by atoms with E-state index in [4.69, 9.17) is 5.73 Å². The van der Waals surface area contributed by atoms with Gasteiger partial charge in [-0.15, -0.1) is 0 Å². The SMILES string of the molecule is Cc1ccc(S(C)(=O)=O)cc1-c1cn[nH]c1N. The molecule has 3 N–H and O–H groups in total. The number of nitrogens with two attached hydrogens (primary N) is 1. The van der Waals surface area contributed by atoms with Crippen molar-refractivity contribution in [2.24, 2.45) is 0 Å². The number of anilines is 1. The van der Waals surface area contributed by atoms with E-state index in [-0.39, 0.29) is 4.90 Å². The molecule has 1 heterocycles. The first kappa shape index (κ1) is 11.7. The molecule has 2 aromatic rings. The highest BCUT2D eigenvalue weighted by atomic mass is 32.2. The van der Waals surface area contributed by atoms with E-state index in [1.807, 2.05) is 6.92 Å². The maximum atomic E-state index is 11.5. The lowest BCUT2D eigenvalue weighted by molar-refractivity contribution is 0.602. The minimum absolute atomic E-state index is 0.277. The number of hydrogen-bond donors (Lipinski definition) is 2. The van der Waals surface area contributed by atoms with Crippen LogP contribution in [0, 0.1) is 6.92 Å². The number of nitrogens with one attached hydrogen (secondary N) is 1. The van der Waals surface area contributed by atoms with Gasteiger partial charge in [0.25, 0.3) is 0 Å². The molecule has 0 atom stereocenters. The first-order valence-electron chi connectivity index (χ1n) is 4.99. The van der Waals surface area contributed by atoms with Crippen molar-refractivity contribution < 1.29 is 8.42 Å². The number of aromatic amines is 1. The summed E-state index contributed by atoms with van der Waals surface area (Å²) in [6.07, 6.45) is 2.77. The minimum Gasteiger partial charge on any atom is -0.384 e. The lowest BCUT2D eigenvalue weighted by atomic mass is 10.0. The van der Waals surface area contributed by atoms with Gasteiger partial charge < -0.3 is 5.73 Å². The van der Waals surface area contributed by atoms with Gasteiger partial charge in [-0.05, 0) is 30.2 Å². The largest absolute Gasteiger partial charge is 0.384 e. The fourth-order valence-corrected chi connectivity index (χ4v) is 2.28. The van der Waals surface area contributed by atoms with Gasteiger partial charge in [-0.1, -0.05) is 6.07 Å². The first-order chi connectivity index (χ1) is 7.89. The second kappa shape index (κ2) is 3.89. The van der Waals surface area contributed by atoms with Crippen molar-refractivity contribution in [2.75, 3.05) is 12.0 Å². The van der Waals surface area contributed by atoms with Gasteiger partial charge in [-0.25, -0.2) is 8.42 Å². The van der Waals surface area contributed by atoms with Crippen LogP contribution in [0.25, 0.3) is 11.1 Å². The average Bonchev–Trinajstić information content (AvgIpc) is 2.63. The zero-order valence-corrected chi connectivity index (χ0v) is 10.4. The van der Waals surface area contributed by atoms with Gasteiger partial charge in [0.1, 0.15) is 5.82 Å². The lowest BCUT2D eigenvalue weighted by Gasteiger charge is -2.07. The quantitative estimate of drug-likeness (QED) is 0.843. The van der Waals surface area contributed by atoms with Crippen molar-refractivity contribution in [2.45, 2.75) is 11.8 Å². The fourth-order valence-electron chi connectivity index (χ4n) is 1.63. The van der Waals surface area contributed by atoms with E-state index >= 15 is 0 Å². The molecule has 0 spiro atoms. The molecule has 2 rings (SSSR count). The molecule has 90 valence electrons. The molecule has 6 heteroatoms. The van der Waals surface area contributed by atoms with Crippen LogP contribution in [0.15, 0.2) is 29.3 Å². The normalized spacial score (nSPS) is 11.6. The molecule has 0 saturated heterocycles. The van der Waals surface area contributed by atoms with Crippen molar-refractivity contribution in [1.82, 2.24) is 10.2 Å². The van der Waals surface area contributed by atoms with Gasteiger partial charge in [-0.3, -0.25) is 5.10 Å². The zero-order chi connectivity index (χ0) is 12.6. The maximum absolute atomic E-state index is 11.5. The van der Waals surface area contributed by atoms with Crippen LogP contribution in [0.5, 0.6) is 0 Å². The van der Waals surface area contributed by atoms with Crippen LogP contribution in [-0.4, -0.2) is 24.9 Å². The topological polar surface area (TPSA) is 88.8 Å². The summed E-state index contributed by atoms with van der Waals surface area (Å²) in [6, 6.07) is 4.97. The van der Waals surface area contributed by atoms with Gasteiger partial charge in [0.05, 0.1) is 11.1 Å². The van der Waals surface area contributed by atoms with Crippen molar-refractivity contribution in [3.8, 4) is 11.1 Å². The number of sulfone groups is 1. The van der Waals surface area contributed by atoms with Crippen molar-refractivity contribution in [3.63, 3.8) is 0 Å². The molecule has 0 amide bonds. The van der Waals surface area contributed by atoms with Crippen LogP contribution < -0.4 is 5.73 Å². The van der Waals surface area contributed by atoms with E-state index in [9.17, 15) is 8.42 Å². The van der Waals surface area contributed by atoms with Crippen LogP contribution in [0.2, 0.25) is 0 Å². The molecule has 1 aromatic heterocycles. The van der Waals surface area contributed by atoms with E-state index in [1.54, 1.807) is 24.4 Å². The van der Waals surface area contributed by atoms with E-state index in [0.29, 0.717) is 11.4 Å². The summed E-state index contributed by atoms with van der Waals surface area (Å²) in [4.78, 5) is 0.277. The smallest absolute Gasteiger partial charge is 0.175 e. The summed E-state index contributed by atoms with van der Waals surface area (Å²) in [5, 5.41) is 6.46. The molecule has 17 heavy (non-hydrogen) atoms. The summed E-state index contributed by atoms with van der Waals surface area (Å²) in [5.74, 6) is 0.429. The molecule has 0 aliphatic heterocycles. The van der Waals surface area contributed by atoms with E-state index in [1.165, 1.54) is 6.26 Å². The standard InChI is InChI=1S/C11H13N3O2S/c1-7-3-4-8(17(2,15)16)5-9(7)10-6-13-14-11(10)12/h3-6H,1-2H3,(H3,12,13,14). The average molecular weight is 251 g/mol. The molecule has 0 bridgehead atoms. The maximum Gasteiger partial charge on any atom is 0.175 e. The molecular weight excluding hydrogens is 238 g/mol. The first-order valence-corrected chi connectivity index (χ1v) is 6.88. The van der Waals surface area contributed by atoms with E-state index in [0.717, 1.165) is 11.1 Å². The number of nitrogens with zero attached hydrogens (tertiary/aromatic N) is 1. The second-order valence-corrected chi connectivity index (χ2v) is 5.96. The lowest BCUT2D eigenvalue weighted by Crippen LogP contribution is -1.98. The Morgan fingerprint density at radius 2 is 2.00 bits per heavy atom. The predicted octanol–water partition coefficient (Wildman–Crippen LogP) is 1.37. The Bertz CT molecular complexity index is 659. The Balaban J connectivity index is 2.67. The Labute approximate surface area is 99.6 Å². The molecule has 0 aliphatic rings. The molecule has 0 saturated carbocycles. The summed E-state index contributed by atoms with van der Waals surface area (Å²) in [6.45, 7) is 1.90. The summed E-state index contributed by atoms with van der Waals surface area (Å²) >= 11 is 0. The number of aryl methyl sites for hydroxylation is 1. The van der Waals surface area contributed by atoms with Crippen LogP contribution in [0.3, 0.4) is 0 Å². The fraction of sp³-hybridized carbons (Fsp3) is 0.182. The van der Waals surface area contributed by atoms with Gasteiger partial charge in [-0.2, -0.15) is 5.10 Å². The molecule has 0 radical (unpaired) electrons. The molecule has 5 nitrogen and oxygen atoms in total. The van der Waals surface area contributed by atoms with E-state index < -0.39 is 9.84 Å². The summed E-state index contributed by atoms with van der Waals surface area (Å²) in [5.41, 5.74) is 8.18. The van der Waals surface area contributed by atoms with Gasteiger partial charge >= 0.3 is 0 Å². The van der Waals surface area contributed by atoms with Gasteiger partial charge in [0.15, 0.2) is 9.84 Å². The zero-order valence-electron chi connectivity index (χ0n) is 9.56. The number of nitrogen functional groups attached to an aromatic ring is 1. The molecule has 1 aromatic carbocycles. The number of hydrogen-bond acceptors (Lipinski definition) is 4. The Kier molecular flexibility index (Phi) is 2.66. The minimum atomic E-state index is -3.22. The summed E-state index contributed by atoms with van der Waals surface area (Å²) in [7, 11) is -3.22. The predicted molar refractivity (Wildman–Crippen MR) is 66.3 cm³/mol. The third-order valence-electron chi connectivity index (χ3n) is 2.60. The Morgan fingerprint density at radius 3 is 2.53 bits per heavy atom. The molecule has 0 unspecified atom stereocenters. The number of aromatic nitrogens is 2. The van der Waals surface area contributed by atoms with Crippen LogP contribution in [-0.2, 0) is 9.84 Å².